The highest BCUT2D eigenvalue weighted by molar-refractivity contribution is 5.94. The van der Waals surface area contributed by atoms with Crippen molar-refractivity contribution in [2.75, 3.05) is 20.8 Å². The standard InChI is InChI=1S/C28H28FN3O3/c1-18-5-11-24(19(2)15-18)32-25(17-23(31-32)21-7-9-22(29)10-8-21)28(33)30-14-13-20-6-12-26(34-3)27(16-20)35-4/h5-12,15-17H,13-14H2,1-4H3,(H,30,33). The molecule has 0 unspecified atom stereocenters. The molecule has 6 nitrogen and oxygen atoms in total. The topological polar surface area (TPSA) is 65.4 Å². The Morgan fingerprint density at radius 3 is 2.37 bits per heavy atom. The minimum absolute atomic E-state index is 0.244. The summed E-state index contributed by atoms with van der Waals surface area (Å²) < 4.78 is 25.7. The molecule has 1 amide bonds. The van der Waals surface area contributed by atoms with Gasteiger partial charge in [-0.05, 0) is 79.9 Å². The van der Waals surface area contributed by atoms with Gasteiger partial charge in [0.05, 0.1) is 25.6 Å². The lowest BCUT2D eigenvalue weighted by molar-refractivity contribution is 0.0946. The second kappa shape index (κ2) is 10.4. The van der Waals surface area contributed by atoms with E-state index in [1.807, 2.05) is 50.2 Å². The average molecular weight is 474 g/mol. The van der Waals surface area contributed by atoms with Gasteiger partial charge >= 0.3 is 0 Å². The molecule has 4 rings (SSSR count). The predicted octanol–water partition coefficient (Wildman–Crippen LogP) is 5.28. The molecule has 0 atom stereocenters. The number of ether oxygens (including phenoxy) is 2. The van der Waals surface area contributed by atoms with Crippen molar-refractivity contribution in [2.24, 2.45) is 0 Å². The third-order valence-electron chi connectivity index (χ3n) is 5.81. The van der Waals surface area contributed by atoms with Gasteiger partial charge in [-0.2, -0.15) is 5.10 Å². The van der Waals surface area contributed by atoms with Crippen LogP contribution in [0.2, 0.25) is 0 Å². The number of nitrogens with zero attached hydrogens (tertiary/aromatic N) is 2. The van der Waals surface area contributed by atoms with E-state index in [2.05, 4.69) is 5.32 Å². The number of nitrogens with one attached hydrogen (secondary N) is 1. The summed E-state index contributed by atoms with van der Waals surface area (Å²) in [6.07, 6.45) is 0.620. The average Bonchev–Trinajstić information content (AvgIpc) is 3.29. The SMILES string of the molecule is COc1ccc(CCNC(=O)c2cc(-c3ccc(F)cc3)nn2-c2ccc(C)cc2C)cc1OC. The summed E-state index contributed by atoms with van der Waals surface area (Å²) in [5, 5.41) is 7.70. The minimum atomic E-state index is -0.323. The number of carbonyl (C=O) groups is 1. The number of aryl methyl sites for hydroxylation is 2. The number of amides is 1. The third kappa shape index (κ3) is 5.35. The Kier molecular flexibility index (Phi) is 7.15. The van der Waals surface area contributed by atoms with E-state index in [1.54, 1.807) is 37.1 Å². The Labute approximate surface area is 204 Å². The van der Waals surface area contributed by atoms with Gasteiger partial charge in [0, 0.05) is 12.1 Å². The molecule has 7 heteroatoms. The van der Waals surface area contributed by atoms with Gasteiger partial charge in [0.1, 0.15) is 11.5 Å². The first-order valence-electron chi connectivity index (χ1n) is 11.3. The fourth-order valence-electron chi connectivity index (χ4n) is 3.98. The van der Waals surface area contributed by atoms with E-state index in [0.29, 0.717) is 35.9 Å². The molecular weight excluding hydrogens is 445 g/mol. The van der Waals surface area contributed by atoms with E-state index in [-0.39, 0.29) is 11.7 Å². The minimum Gasteiger partial charge on any atom is -0.493 e. The second-order valence-electron chi connectivity index (χ2n) is 8.32. The summed E-state index contributed by atoms with van der Waals surface area (Å²) in [4.78, 5) is 13.3. The van der Waals surface area contributed by atoms with Crippen LogP contribution in [0.5, 0.6) is 11.5 Å². The summed E-state index contributed by atoms with van der Waals surface area (Å²) in [7, 11) is 3.19. The summed E-state index contributed by atoms with van der Waals surface area (Å²) in [6.45, 7) is 4.43. The number of benzene rings is 3. The predicted molar refractivity (Wildman–Crippen MR) is 134 cm³/mol. The van der Waals surface area contributed by atoms with E-state index < -0.39 is 0 Å². The zero-order valence-corrected chi connectivity index (χ0v) is 20.3. The van der Waals surface area contributed by atoms with Crippen LogP contribution in [0.1, 0.15) is 27.2 Å². The van der Waals surface area contributed by atoms with E-state index in [0.717, 1.165) is 27.9 Å². The lowest BCUT2D eigenvalue weighted by Crippen LogP contribution is -2.28. The van der Waals surface area contributed by atoms with E-state index >= 15 is 0 Å². The number of methoxy groups -OCH3 is 2. The molecule has 0 aliphatic heterocycles. The van der Waals surface area contributed by atoms with Gasteiger partial charge in [-0.3, -0.25) is 4.79 Å². The molecule has 0 aliphatic rings. The molecule has 3 aromatic carbocycles. The Morgan fingerprint density at radius 2 is 1.69 bits per heavy atom. The summed E-state index contributed by atoms with van der Waals surface area (Å²) in [6, 6.07) is 19.5. The number of halogens is 1. The first-order valence-corrected chi connectivity index (χ1v) is 11.3. The van der Waals surface area contributed by atoms with Gasteiger partial charge in [-0.15, -0.1) is 0 Å². The van der Waals surface area contributed by atoms with E-state index in [1.165, 1.54) is 12.1 Å². The van der Waals surface area contributed by atoms with Crippen molar-refractivity contribution in [3.8, 4) is 28.4 Å². The van der Waals surface area contributed by atoms with Crippen LogP contribution in [0.4, 0.5) is 4.39 Å². The van der Waals surface area contributed by atoms with Crippen molar-refractivity contribution < 1.29 is 18.7 Å². The highest BCUT2D eigenvalue weighted by Gasteiger charge is 2.19. The van der Waals surface area contributed by atoms with Crippen molar-refractivity contribution in [3.05, 3.63) is 94.9 Å². The largest absolute Gasteiger partial charge is 0.493 e. The molecular formula is C28H28FN3O3. The van der Waals surface area contributed by atoms with Gasteiger partial charge < -0.3 is 14.8 Å². The van der Waals surface area contributed by atoms with Gasteiger partial charge in [0.25, 0.3) is 5.91 Å². The van der Waals surface area contributed by atoms with Crippen molar-refractivity contribution in [2.45, 2.75) is 20.3 Å². The molecule has 1 aromatic heterocycles. The van der Waals surface area contributed by atoms with E-state index in [9.17, 15) is 9.18 Å². The van der Waals surface area contributed by atoms with Gasteiger partial charge in [-0.1, -0.05) is 23.8 Å². The first kappa shape index (κ1) is 24.0. The van der Waals surface area contributed by atoms with Crippen LogP contribution in [0, 0.1) is 19.7 Å². The highest BCUT2D eigenvalue weighted by atomic mass is 19.1. The van der Waals surface area contributed by atoms with Crippen LogP contribution in [0.3, 0.4) is 0 Å². The molecule has 4 aromatic rings. The fourth-order valence-corrected chi connectivity index (χ4v) is 3.98. The molecule has 0 aliphatic carbocycles. The van der Waals surface area contributed by atoms with Crippen LogP contribution in [-0.2, 0) is 6.42 Å². The Hall–Kier alpha value is -4.13. The smallest absolute Gasteiger partial charge is 0.270 e. The zero-order chi connectivity index (χ0) is 24.9. The second-order valence-corrected chi connectivity index (χ2v) is 8.32. The van der Waals surface area contributed by atoms with Crippen LogP contribution in [-0.4, -0.2) is 36.5 Å². The van der Waals surface area contributed by atoms with Crippen LogP contribution >= 0.6 is 0 Å². The highest BCUT2D eigenvalue weighted by Crippen LogP contribution is 2.28. The monoisotopic (exact) mass is 473 g/mol. The lowest BCUT2D eigenvalue weighted by Gasteiger charge is -2.12. The molecule has 0 spiro atoms. The maximum absolute atomic E-state index is 13.4. The third-order valence-corrected chi connectivity index (χ3v) is 5.81. The van der Waals surface area contributed by atoms with Crippen molar-refractivity contribution in [1.29, 1.82) is 0 Å². The Morgan fingerprint density at radius 1 is 0.943 bits per heavy atom. The number of aromatic nitrogens is 2. The summed E-state index contributed by atoms with van der Waals surface area (Å²) in [5.74, 6) is 0.737. The molecule has 180 valence electrons. The number of rotatable bonds is 8. The zero-order valence-electron chi connectivity index (χ0n) is 20.3. The van der Waals surface area contributed by atoms with Gasteiger partial charge in [0.2, 0.25) is 0 Å². The van der Waals surface area contributed by atoms with Gasteiger partial charge in [-0.25, -0.2) is 9.07 Å². The summed E-state index contributed by atoms with van der Waals surface area (Å²) in [5.41, 5.74) is 5.68. The Balaban J connectivity index is 1.59. The number of hydrogen-bond acceptors (Lipinski definition) is 4. The maximum atomic E-state index is 13.4. The molecule has 0 saturated heterocycles. The lowest BCUT2D eigenvalue weighted by atomic mass is 10.1. The van der Waals surface area contributed by atoms with Crippen molar-refractivity contribution in [1.82, 2.24) is 15.1 Å². The molecule has 35 heavy (non-hydrogen) atoms. The molecule has 1 N–H and O–H groups in total. The van der Waals surface area contributed by atoms with Crippen LogP contribution in [0.25, 0.3) is 16.9 Å². The normalized spacial score (nSPS) is 10.8. The van der Waals surface area contributed by atoms with E-state index in [4.69, 9.17) is 14.6 Å². The molecule has 0 saturated carbocycles. The number of hydrogen-bond donors (Lipinski definition) is 1. The first-order chi connectivity index (χ1) is 16.9. The van der Waals surface area contributed by atoms with Crippen LogP contribution in [0.15, 0.2) is 66.7 Å². The van der Waals surface area contributed by atoms with Crippen LogP contribution < -0.4 is 14.8 Å². The Bertz CT molecular complexity index is 1350. The fraction of sp³-hybridized carbons (Fsp3) is 0.214. The van der Waals surface area contributed by atoms with Gasteiger partial charge in [0.15, 0.2) is 11.5 Å². The quantitative estimate of drug-likeness (QED) is 0.378. The maximum Gasteiger partial charge on any atom is 0.270 e. The number of carbonyl (C=O) groups excluding carboxylic acids is 1. The molecule has 0 radical (unpaired) electrons. The molecule has 0 fully saturated rings. The van der Waals surface area contributed by atoms with Crippen molar-refractivity contribution >= 4 is 5.91 Å². The molecule has 1 heterocycles. The van der Waals surface area contributed by atoms with Crippen molar-refractivity contribution in [3.63, 3.8) is 0 Å². The summed E-state index contributed by atoms with van der Waals surface area (Å²) >= 11 is 0. The molecule has 0 bridgehead atoms.